The number of ether oxygens (including phenoxy) is 2. The van der Waals surface area contributed by atoms with Crippen molar-refractivity contribution in [3.63, 3.8) is 0 Å². The van der Waals surface area contributed by atoms with Crippen molar-refractivity contribution in [2.24, 2.45) is 0 Å². The number of aromatic nitrogens is 2. The quantitative estimate of drug-likeness (QED) is 0.562. The first-order valence-corrected chi connectivity index (χ1v) is 10.4. The lowest BCUT2D eigenvalue weighted by molar-refractivity contribution is 0.0566. The standard InChI is InChI=1S/C23H22ClN5O3/c1-12-16(14-7-13-8-18(26)27-11-17(13)19(24)15(14)9-25)10-28-21-20(12)29(5-6-31-21)22(30)32-23(2,3)4/h7-8,10-11H,5-6H2,1-4H3,(H2,26,27). The predicted molar refractivity (Wildman–Crippen MR) is 123 cm³/mol. The number of amides is 1. The van der Waals surface area contributed by atoms with Crippen LogP contribution in [0.3, 0.4) is 0 Å². The molecule has 0 spiro atoms. The number of anilines is 2. The number of hydrogen-bond acceptors (Lipinski definition) is 7. The first-order valence-electron chi connectivity index (χ1n) is 10.0. The van der Waals surface area contributed by atoms with Gasteiger partial charge in [0.15, 0.2) is 0 Å². The highest BCUT2D eigenvalue weighted by Gasteiger charge is 2.32. The molecule has 1 aromatic carbocycles. The lowest BCUT2D eigenvalue weighted by atomic mass is 9.94. The number of nitrogens with zero attached hydrogens (tertiary/aromatic N) is 4. The molecule has 2 aromatic heterocycles. The molecule has 9 heteroatoms. The summed E-state index contributed by atoms with van der Waals surface area (Å²) in [6.45, 7) is 7.90. The summed E-state index contributed by atoms with van der Waals surface area (Å²) < 4.78 is 11.3. The fourth-order valence-corrected chi connectivity index (χ4v) is 4.00. The van der Waals surface area contributed by atoms with Crippen molar-refractivity contribution in [3.8, 4) is 23.1 Å². The Bertz CT molecular complexity index is 1290. The zero-order valence-corrected chi connectivity index (χ0v) is 18.9. The summed E-state index contributed by atoms with van der Waals surface area (Å²) in [4.78, 5) is 22.9. The van der Waals surface area contributed by atoms with Crippen LogP contribution in [0.25, 0.3) is 21.9 Å². The Hall–Kier alpha value is -3.57. The van der Waals surface area contributed by atoms with Crippen LogP contribution in [0.4, 0.5) is 16.3 Å². The van der Waals surface area contributed by atoms with Crippen molar-refractivity contribution in [3.05, 3.63) is 40.7 Å². The third kappa shape index (κ3) is 3.76. The normalized spacial score (nSPS) is 13.3. The molecule has 0 radical (unpaired) electrons. The average Bonchev–Trinajstić information content (AvgIpc) is 2.72. The van der Waals surface area contributed by atoms with E-state index in [0.717, 1.165) is 10.9 Å². The number of hydrogen-bond donors (Lipinski definition) is 1. The minimum Gasteiger partial charge on any atom is -0.474 e. The molecule has 1 aliphatic rings. The van der Waals surface area contributed by atoms with Gasteiger partial charge in [-0.3, -0.25) is 4.90 Å². The zero-order chi connectivity index (χ0) is 23.2. The lowest BCUT2D eigenvalue weighted by Crippen LogP contribution is -2.42. The summed E-state index contributed by atoms with van der Waals surface area (Å²) in [5.74, 6) is 0.677. The topological polar surface area (TPSA) is 114 Å². The van der Waals surface area contributed by atoms with Crippen LogP contribution in [0.5, 0.6) is 5.88 Å². The maximum absolute atomic E-state index is 12.9. The SMILES string of the molecule is Cc1c(-c2cc3cc(N)ncc3c(Cl)c2C#N)cnc2c1N(C(=O)OC(C)(C)C)CCO2. The van der Waals surface area contributed by atoms with Crippen LogP contribution >= 0.6 is 11.6 Å². The fourth-order valence-electron chi connectivity index (χ4n) is 3.70. The van der Waals surface area contributed by atoms with Gasteiger partial charge in [-0.15, -0.1) is 0 Å². The van der Waals surface area contributed by atoms with E-state index in [2.05, 4.69) is 16.0 Å². The number of rotatable bonds is 1. The molecule has 32 heavy (non-hydrogen) atoms. The number of fused-ring (bicyclic) bond motifs is 2. The Kier molecular flexibility index (Phi) is 5.31. The van der Waals surface area contributed by atoms with Crippen molar-refractivity contribution >= 4 is 40.0 Å². The number of nitrogens with two attached hydrogens (primary N) is 1. The minimum atomic E-state index is -0.650. The second kappa shape index (κ2) is 7.84. The third-order valence-corrected chi connectivity index (χ3v) is 5.49. The highest BCUT2D eigenvalue weighted by Crippen LogP contribution is 2.42. The van der Waals surface area contributed by atoms with Gasteiger partial charge in [-0.25, -0.2) is 14.8 Å². The number of nitriles is 1. The van der Waals surface area contributed by atoms with Crippen LogP contribution in [0.1, 0.15) is 31.9 Å². The number of halogens is 1. The van der Waals surface area contributed by atoms with E-state index in [-0.39, 0.29) is 10.6 Å². The van der Waals surface area contributed by atoms with E-state index in [1.807, 2.05) is 33.8 Å². The number of carbonyl (C=O) groups excluding carboxylic acids is 1. The Morgan fingerprint density at radius 1 is 1.28 bits per heavy atom. The molecule has 0 aliphatic carbocycles. The molecule has 3 aromatic rings. The number of nitrogen functional groups attached to an aromatic ring is 1. The summed E-state index contributed by atoms with van der Waals surface area (Å²) >= 11 is 6.56. The Balaban J connectivity index is 1.92. The van der Waals surface area contributed by atoms with Crippen molar-refractivity contribution in [1.82, 2.24) is 9.97 Å². The van der Waals surface area contributed by atoms with E-state index in [1.54, 1.807) is 18.5 Å². The first-order chi connectivity index (χ1) is 15.1. The van der Waals surface area contributed by atoms with E-state index in [1.165, 1.54) is 4.90 Å². The third-order valence-electron chi connectivity index (χ3n) is 5.09. The largest absolute Gasteiger partial charge is 0.474 e. The van der Waals surface area contributed by atoms with Gasteiger partial charge in [0.1, 0.15) is 29.8 Å². The monoisotopic (exact) mass is 451 g/mol. The minimum absolute atomic E-state index is 0.282. The summed E-state index contributed by atoms with van der Waals surface area (Å²) in [7, 11) is 0. The summed E-state index contributed by atoms with van der Waals surface area (Å²) in [6, 6.07) is 5.71. The molecule has 0 unspecified atom stereocenters. The van der Waals surface area contributed by atoms with Gasteiger partial charge in [0.05, 0.1) is 17.1 Å². The highest BCUT2D eigenvalue weighted by atomic mass is 35.5. The molecule has 2 N–H and O–H groups in total. The molecule has 0 fully saturated rings. The van der Waals surface area contributed by atoms with Crippen LogP contribution in [0, 0.1) is 18.3 Å². The van der Waals surface area contributed by atoms with E-state index in [4.69, 9.17) is 26.8 Å². The molecule has 1 amide bonds. The van der Waals surface area contributed by atoms with E-state index in [9.17, 15) is 10.1 Å². The van der Waals surface area contributed by atoms with Crippen LogP contribution in [0.15, 0.2) is 24.5 Å². The summed E-state index contributed by atoms with van der Waals surface area (Å²) in [6.07, 6.45) is 2.68. The van der Waals surface area contributed by atoms with Gasteiger partial charge in [0.2, 0.25) is 5.88 Å². The number of pyridine rings is 2. The molecule has 8 nitrogen and oxygen atoms in total. The zero-order valence-electron chi connectivity index (χ0n) is 18.2. The first kappa shape index (κ1) is 21.7. The van der Waals surface area contributed by atoms with Crippen molar-refractivity contribution in [1.29, 1.82) is 5.26 Å². The smallest absolute Gasteiger partial charge is 0.415 e. The molecule has 0 bridgehead atoms. The van der Waals surface area contributed by atoms with Gasteiger partial charge in [0.25, 0.3) is 0 Å². The van der Waals surface area contributed by atoms with E-state index in [0.29, 0.717) is 47.1 Å². The maximum atomic E-state index is 12.9. The molecule has 164 valence electrons. The molecule has 1 aliphatic heterocycles. The van der Waals surface area contributed by atoms with Gasteiger partial charge in [-0.2, -0.15) is 5.26 Å². The van der Waals surface area contributed by atoms with Crippen molar-refractivity contribution in [2.75, 3.05) is 23.8 Å². The Labute approximate surface area is 190 Å². The molecule has 4 rings (SSSR count). The average molecular weight is 452 g/mol. The number of carbonyl (C=O) groups is 1. The van der Waals surface area contributed by atoms with Gasteiger partial charge in [-0.1, -0.05) is 11.6 Å². The molecular weight excluding hydrogens is 430 g/mol. The van der Waals surface area contributed by atoms with Crippen LogP contribution in [-0.4, -0.2) is 34.8 Å². The van der Waals surface area contributed by atoms with Gasteiger partial charge in [0, 0.05) is 28.9 Å². The highest BCUT2D eigenvalue weighted by molar-refractivity contribution is 6.37. The summed E-state index contributed by atoms with van der Waals surface area (Å²) in [5, 5.41) is 11.5. The molecule has 0 atom stereocenters. The van der Waals surface area contributed by atoms with Gasteiger partial charge in [-0.05, 0) is 50.8 Å². The molecular formula is C23H22ClN5O3. The fraction of sp³-hybridized carbons (Fsp3) is 0.304. The Morgan fingerprint density at radius 2 is 2.03 bits per heavy atom. The predicted octanol–water partition coefficient (Wildman–Crippen LogP) is 4.85. The second-order valence-corrected chi connectivity index (χ2v) is 8.86. The van der Waals surface area contributed by atoms with Crippen molar-refractivity contribution in [2.45, 2.75) is 33.3 Å². The Morgan fingerprint density at radius 3 is 2.72 bits per heavy atom. The lowest BCUT2D eigenvalue weighted by Gasteiger charge is -2.32. The van der Waals surface area contributed by atoms with Crippen LogP contribution < -0.4 is 15.4 Å². The molecule has 0 saturated carbocycles. The van der Waals surface area contributed by atoms with Crippen LogP contribution in [0.2, 0.25) is 5.02 Å². The van der Waals surface area contributed by atoms with Crippen LogP contribution in [-0.2, 0) is 4.74 Å². The number of benzene rings is 1. The van der Waals surface area contributed by atoms with Gasteiger partial charge >= 0.3 is 6.09 Å². The van der Waals surface area contributed by atoms with E-state index < -0.39 is 11.7 Å². The second-order valence-electron chi connectivity index (χ2n) is 8.49. The van der Waals surface area contributed by atoms with Gasteiger partial charge < -0.3 is 15.2 Å². The maximum Gasteiger partial charge on any atom is 0.415 e. The van der Waals surface area contributed by atoms with Crippen molar-refractivity contribution < 1.29 is 14.3 Å². The van der Waals surface area contributed by atoms with E-state index >= 15 is 0 Å². The molecule has 3 heterocycles. The summed E-state index contributed by atoms with van der Waals surface area (Å²) in [5.41, 5.74) is 7.95. The molecule has 0 saturated heterocycles.